The fourth-order valence-corrected chi connectivity index (χ4v) is 12.9. The normalized spacial score (nSPS) is 10.7. The molecule has 0 saturated heterocycles. The number of imidazole rings is 2. The Labute approximate surface area is 715 Å². The monoisotopic (exact) mass is 1710 g/mol. The number of H-pyrrole nitrogens is 8. The van der Waals surface area contributed by atoms with Crippen molar-refractivity contribution in [2.75, 3.05) is 10.6 Å². The second-order valence-electron chi connectivity index (χ2n) is 26.5. The van der Waals surface area contributed by atoms with E-state index in [9.17, 15) is 22.8 Å². The lowest BCUT2D eigenvalue weighted by Gasteiger charge is -2.05. The third-order valence-corrected chi connectivity index (χ3v) is 18.9. The van der Waals surface area contributed by atoms with Gasteiger partial charge in [0.25, 0.3) is 0 Å². The Morgan fingerprint density at radius 3 is 0.847 bits per heavy atom. The van der Waals surface area contributed by atoms with Crippen LogP contribution in [0.5, 0.6) is 0 Å². The van der Waals surface area contributed by atoms with Crippen molar-refractivity contribution >= 4 is 80.8 Å². The Morgan fingerprint density at radius 1 is 0.306 bits per heavy atom. The lowest BCUT2D eigenvalue weighted by Crippen LogP contribution is -2.09. The highest BCUT2D eigenvalue weighted by Crippen LogP contribution is 2.37. The predicted octanol–water partition coefficient (Wildman–Crippen LogP) is 17.9. The first-order valence-corrected chi connectivity index (χ1v) is 38.4. The quantitative estimate of drug-likeness (QED) is 0.0483. The van der Waals surface area contributed by atoms with Crippen LogP contribution < -0.4 is 10.6 Å². The summed E-state index contributed by atoms with van der Waals surface area (Å²) >= 11 is 17.8. The third-order valence-electron chi connectivity index (χ3n) is 18.1. The molecule has 612 valence electrons. The molecule has 2 amide bonds. The van der Waals surface area contributed by atoms with Crippen molar-refractivity contribution in [1.29, 1.82) is 0 Å². The molecule has 14 heterocycles. The number of carbonyl (C=O) groups is 2. The smallest absolute Gasteiger partial charge is 0.229 e. The fourth-order valence-electron chi connectivity index (χ4n) is 12.5. The number of hydrogen-bond donors (Lipinski definition) is 10. The van der Waals surface area contributed by atoms with Crippen LogP contribution in [0.2, 0.25) is 15.1 Å². The lowest BCUT2D eigenvalue weighted by atomic mass is 10.1. The number of rotatable bonds is 14. The zero-order chi connectivity index (χ0) is 86.0. The number of nitrogens with one attached hydrogen (secondary N) is 10. The number of amides is 2. The van der Waals surface area contributed by atoms with Gasteiger partial charge in [-0.15, -0.1) is 0 Å². The number of anilines is 2. The minimum Gasteiger partial charge on any atom is -0.341 e. The highest BCUT2D eigenvalue weighted by atomic mass is 35.5. The van der Waals surface area contributed by atoms with Crippen LogP contribution in [-0.2, 0) is 9.59 Å². The molecule has 32 nitrogen and oxygen atoms in total. The SMILES string of the molecule is CC(=O)Nc1nccc(-c2cn[nH]c2-c2ccc(Cl)cc2)n1.CC(=O)Nc1nccc(-c2cn[nH]c2-c2ccc(F)cc2)n1.Cc1nccc(-c2cn[nH]c2-c2ccc(Cl)cc2)n1.Cc1nccc(-c2cn[nH]c2-c2ccc(F)cc2)n1.Clc1ccc(-c2[nH]ncc2-c2ncnc3nc[nH]c23)cc1.Fc1ccc(-c2[nH]ncc2-c2ncnc3nc[nH]c23)cc1. The summed E-state index contributed by atoms with van der Waals surface area (Å²) < 4.78 is 39.1. The maximum absolute atomic E-state index is 13.1. The van der Waals surface area contributed by atoms with E-state index in [4.69, 9.17) is 34.8 Å². The number of aryl methyl sites for hydroxylation is 2. The van der Waals surface area contributed by atoms with E-state index in [0.717, 1.165) is 129 Å². The van der Waals surface area contributed by atoms with Gasteiger partial charge in [-0.3, -0.25) is 50.8 Å². The Bertz CT molecular complexity index is 6600. The zero-order valence-corrected chi connectivity index (χ0v) is 67.5. The van der Waals surface area contributed by atoms with Gasteiger partial charge in [0.1, 0.15) is 64.2 Å². The molecule has 14 aromatic heterocycles. The van der Waals surface area contributed by atoms with Gasteiger partial charge in [0.05, 0.1) is 107 Å². The number of aromatic nitrogens is 28. The molecular weight excluding hydrogens is 1650 g/mol. The largest absolute Gasteiger partial charge is 0.341 e. The molecule has 0 aliphatic carbocycles. The van der Waals surface area contributed by atoms with Crippen molar-refractivity contribution in [2.45, 2.75) is 27.7 Å². The maximum atomic E-state index is 13.1. The summed E-state index contributed by atoms with van der Waals surface area (Å²) in [5, 5.41) is 49.3. The molecule has 38 heteroatoms. The Balaban J connectivity index is 0.000000115. The summed E-state index contributed by atoms with van der Waals surface area (Å²) in [5.74, 6) is 0.597. The molecule has 20 aromatic rings. The molecule has 0 spiro atoms. The van der Waals surface area contributed by atoms with Crippen LogP contribution in [-0.4, -0.2) is 153 Å². The summed E-state index contributed by atoms with van der Waals surface area (Å²) in [4.78, 5) is 87.0. The number of aromatic amines is 8. The van der Waals surface area contributed by atoms with Crippen LogP contribution in [0.1, 0.15) is 25.5 Å². The average molecular weight is 1710 g/mol. The number of carbonyl (C=O) groups excluding carboxylic acids is 2. The first-order valence-electron chi connectivity index (χ1n) is 37.3. The standard InChI is InChI=1S/C15H12ClN5O.C15H12FN5O.C14H9ClN6.C14H11ClN4.C14H9FN6.C14H11FN4/c2*1-9(22)19-15-17-7-6-13(20-15)12-8-18-21-14(12)10-2-4-11(16)5-3-10;15-9-3-1-8(2-4-9)11-10(5-20-21-11)12-13-14(18-6-16-12)19-7-17-13;1-9-16-7-6-13(18-9)12-8-17-19-14(12)10-2-4-11(15)5-3-10;15-9-3-1-8(2-4-9)11-10(5-20-21-11)12-13-14(18-6-16-12)19-7-17-13;1-9-16-7-6-13(18-9)12-8-17-19-14(12)10-2-4-11(15)5-3-10/h2*2-8H,1H3,(H,18,21)(H,17,19,20,22);1-7H,(H,20,21)(H,16,17,18,19);2-8H,1H3,(H,17,19);1-7H,(H,20,21)(H,16,17,18,19);2-8H,1H3,(H,17,19). The van der Waals surface area contributed by atoms with Crippen molar-refractivity contribution in [1.82, 2.24) is 141 Å². The summed E-state index contributed by atoms with van der Waals surface area (Å²) in [6.45, 7) is 6.50. The van der Waals surface area contributed by atoms with E-state index in [2.05, 4.69) is 152 Å². The Kier molecular flexibility index (Phi) is 25.7. The van der Waals surface area contributed by atoms with Gasteiger partial charge in [0, 0.05) is 120 Å². The molecule has 10 N–H and O–H groups in total. The van der Waals surface area contributed by atoms with Crippen molar-refractivity contribution < 1.29 is 22.8 Å². The number of fused-ring (bicyclic) bond motifs is 2. The van der Waals surface area contributed by atoms with Gasteiger partial charge in [-0.1, -0.05) is 71.2 Å². The summed E-state index contributed by atoms with van der Waals surface area (Å²) in [5.41, 5.74) is 22.5. The van der Waals surface area contributed by atoms with Crippen molar-refractivity contribution in [3.8, 4) is 135 Å². The van der Waals surface area contributed by atoms with Crippen LogP contribution >= 0.6 is 34.8 Å². The van der Waals surface area contributed by atoms with Gasteiger partial charge < -0.3 is 9.97 Å². The van der Waals surface area contributed by atoms with Crippen LogP contribution in [0.25, 0.3) is 157 Å². The molecule has 0 atom stereocenters. The predicted molar refractivity (Wildman–Crippen MR) is 463 cm³/mol. The van der Waals surface area contributed by atoms with E-state index in [1.807, 2.05) is 98.8 Å². The summed E-state index contributed by atoms with van der Waals surface area (Å²) in [6.07, 6.45) is 22.9. The number of hydrogen-bond acceptors (Lipinski definition) is 22. The van der Waals surface area contributed by atoms with E-state index in [1.165, 1.54) is 62.9 Å². The van der Waals surface area contributed by atoms with Gasteiger partial charge in [0.15, 0.2) is 11.3 Å². The number of nitrogens with zero attached hydrogens (tertiary/aromatic N) is 20. The minimum absolute atomic E-state index is 0.219. The third kappa shape index (κ3) is 20.1. The molecule has 6 aromatic carbocycles. The van der Waals surface area contributed by atoms with Gasteiger partial charge in [0.2, 0.25) is 23.7 Å². The molecule has 0 fully saturated rings. The molecular formula is C86H64Cl3F3N30O2. The molecule has 0 aliphatic rings. The molecule has 0 unspecified atom stereocenters. The van der Waals surface area contributed by atoms with Crippen LogP contribution in [0.4, 0.5) is 25.1 Å². The van der Waals surface area contributed by atoms with E-state index in [0.29, 0.717) is 55.0 Å². The second-order valence-corrected chi connectivity index (χ2v) is 27.8. The Morgan fingerprint density at radius 2 is 0.565 bits per heavy atom. The minimum atomic E-state index is -0.306. The summed E-state index contributed by atoms with van der Waals surface area (Å²) in [7, 11) is 0. The van der Waals surface area contributed by atoms with Gasteiger partial charge in [-0.05, 0) is 147 Å². The fraction of sp³-hybridized carbons (Fsp3) is 0.0465. The van der Waals surface area contributed by atoms with Crippen LogP contribution in [0.3, 0.4) is 0 Å². The zero-order valence-electron chi connectivity index (χ0n) is 65.3. The van der Waals surface area contributed by atoms with Gasteiger partial charge in [-0.2, -0.15) is 30.6 Å². The molecule has 0 aliphatic heterocycles. The van der Waals surface area contributed by atoms with Crippen LogP contribution in [0.15, 0.2) is 257 Å². The highest BCUT2D eigenvalue weighted by Gasteiger charge is 2.21. The topological polar surface area (TPSA) is 442 Å². The highest BCUT2D eigenvalue weighted by molar-refractivity contribution is 6.31. The molecule has 0 saturated carbocycles. The van der Waals surface area contributed by atoms with Crippen molar-refractivity contribution in [3.05, 3.63) is 301 Å². The van der Waals surface area contributed by atoms with E-state index in [-0.39, 0.29) is 41.2 Å². The first-order chi connectivity index (χ1) is 60.4. The van der Waals surface area contributed by atoms with E-state index < -0.39 is 0 Å². The second kappa shape index (κ2) is 38.6. The molecule has 20 rings (SSSR count). The lowest BCUT2D eigenvalue weighted by molar-refractivity contribution is -0.115. The van der Waals surface area contributed by atoms with Crippen molar-refractivity contribution in [3.63, 3.8) is 0 Å². The van der Waals surface area contributed by atoms with Crippen molar-refractivity contribution in [2.24, 2.45) is 0 Å². The average Bonchev–Trinajstić information content (AvgIpc) is 1.64. The molecule has 124 heavy (non-hydrogen) atoms. The van der Waals surface area contributed by atoms with Gasteiger partial charge >= 0.3 is 0 Å². The van der Waals surface area contributed by atoms with E-state index >= 15 is 0 Å². The Hall–Kier alpha value is -16.4. The maximum Gasteiger partial charge on any atom is 0.229 e. The van der Waals surface area contributed by atoms with Crippen LogP contribution in [0, 0.1) is 31.3 Å². The molecule has 0 radical (unpaired) electrons. The summed E-state index contributed by atoms with van der Waals surface area (Å²) in [6, 6.07) is 48.3. The van der Waals surface area contributed by atoms with E-state index in [1.54, 1.807) is 123 Å². The first kappa shape index (κ1) is 82.7. The number of halogens is 6. The van der Waals surface area contributed by atoms with Gasteiger partial charge in [-0.25, -0.2) is 82.9 Å². The molecule has 0 bridgehead atoms. The number of benzene rings is 6.